The Morgan fingerprint density at radius 1 is 1.24 bits per heavy atom. The Hall–Kier alpha value is -2.41. The van der Waals surface area contributed by atoms with Gasteiger partial charge < -0.3 is 9.47 Å². The number of halogens is 2. The molecule has 156 valence electrons. The van der Waals surface area contributed by atoms with Crippen LogP contribution in [-0.2, 0) is 19.1 Å². The van der Waals surface area contributed by atoms with Crippen LogP contribution in [0, 0.1) is 5.82 Å². The highest BCUT2D eigenvalue weighted by Crippen LogP contribution is 2.39. The number of benzene rings is 1. The van der Waals surface area contributed by atoms with Gasteiger partial charge in [0, 0.05) is 29.5 Å². The zero-order valence-corrected chi connectivity index (χ0v) is 15.7. The molecular formula is C21H23ClFNO5. The van der Waals surface area contributed by atoms with Crippen molar-refractivity contribution in [2.24, 2.45) is 0 Å². The molecule has 0 bridgehead atoms. The lowest BCUT2D eigenvalue weighted by Crippen LogP contribution is -2.32. The quantitative estimate of drug-likeness (QED) is 0.449. The third kappa shape index (κ3) is 4.61. The molecule has 0 aromatic heterocycles. The molecule has 1 aromatic carbocycles. The lowest BCUT2D eigenvalue weighted by Gasteiger charge is -2.18. The molecule has 2 aliphatic rings. The van der Waals surface area contributed by atoms with E-state index in [4.69, 9.17) is 31.4 Å². The van der Waals surface area contributed by atoms with E-state index in [2.05, 4.69) is 4.74 Å². The molecule has 0 saturated heterocycles. The van der Waals surface area contributed by atoms with E-state index in [1.165, 1.54) is 0 Å². The van der Waals surface area contributed by atoms with Crippen LogP contribution in [0.4, 0.5) is 10.1 Å². The van der Waals surface area contributed by atoms with E-state index in [0.717, 1.165) is 6.07 Å². The largest absolute Gasteiger partial charge is 0.480 e. The van der Waals surface area contributed by atoms with Crippen LogP contribution in [0.2, 0.25) is 5.02 Å². The van der Waals surface area contributed by atoms with Gasteiger partial charge in [0.05, 0.1) is 20.0 Å². The summed E-state index contributed by atoms with van der Waals surface area (Å²) in [5, 5.41) is -0.425. The number of hydrogen-bond donors (Lipinski definition) is 0. The first kappa shape index (κ1) is 11.1. The first-order valence-corrected chi connectivity index (χ1v) is 8.91. The van der Waals surface area contributed by atoms with Gasteiger partial charge in [-0.05, 0) is 38.1 Å². The molecular weight excluding hydrogens is 401 g/mol. The van der Waals surface area contributed by atoms with E-state index in [-0.39, 0.29) is 11.1 Å². The molecule has 0 N–H and O–H groups in total. The van der Waals surface area contributed by atoms with E-state index < -0.39 is 79.2 Å². The average Bonchev–Trinajstić information content (AvgIpc) is 3.07. The lowest BCUT2D eigenvalue weighted by molar-refractivity contribution is -0.146. The highest BCUT2D eigenvalue weighted by Gasteiger charge is 2.41. The second-order valence-corrected chi connectivity index (χ2v) is 6.49. The van der Waals surface area contributed by atoms with Gasteiger partial charge in [0.1, 0.15) is 11.6 Å². The number of carbonyl (C=O) groups excluding carboxylic acids is 3. The summed E-state index contributed by atoms with van der Waals surface area (Å²) in [5.74, 6) is -4.60. The van der Waals surface area contributed by atoms with Crippen molar-refractivity contribution in [2.45, 2.75) is 51.7 Å². The summed E-state index contributed by atoms with van der Waals surface area (Å²) in [4.78, 5) is 38.5. The minimum atomic E-state index is -4.03. The predicted molar refractivity (Wildman–Crippen MR) is 105 cm³/mol. The van der Waals surface area contributed by atoms with Gasteiger partial charge in [0.15, 0.2) is 6.61 Å². The molecule has 0 radical (unpaired) electrons. The van der Waals surface area contributed by atoms with Crippen LogP contribution in [0.1, 0.15) is 66.7 Å². The van der Waals surface area contributed by atoms with Crippen molar-refractivity contribution in [1.29, 1.82) is 0 Å². The van der Waals surface area contributed by atoms with E-state index in [1.54, 1.807) is 0 Å². The Balaban J connectivity index is 1.79. The monoisotopic (exact) mass is 434 g/mol. The summed E-state index contributed by atoms with van der Waals surface area (Å²) in [6, 6.07) is 1.56. The average molecular weight is 435 g/mol. The van der Waals surface area contributed by atoms with Gasteiger partial charge >= 0.3 is 5.97 Å². The van der Waals surface area contributed by atoms with Crippen molar-refractivity contribution in [2.75, 3.05) is 18.1 Å². The standard InChI is InChI=1S/C21H23ClFNO5/c1-2-3-6-9-28-19(25)12-29-18-11-17(16(23)10-15(18)22)24-20(26)13-7-4-5-8-14(13)21(24)27/h10-11H,2-9,12H2,1H3/i1D3,2D2,3D2,6D2,9D2. The second kappa shape index (κ2) is 9.39. The van der Waals surface area contributed by atoms with Gasteiger partial charge in [-0.1, -0.05) is 31.2 Å². The summed E-state index contributed by atoms with van der Waals surface area (Å²) >= 11 is 5.95. The number of amides is 2. The molecule has 2 amide bonds. The Kier molecular flexibility index (Phi) is 3.60. The molecule has 3 rings (SSSR count). The topological polar surface area (TPSA) is 72.9 Å². The Labute approximate surface area is 189 Å². The highest BCUT2D eigenvalue weighted by atomic mass is 35.5. The summed E-state index contributed by atoms with van der Waals surface area (Å²) < 4.78 is 108. The van der Waals surface area contributed by atoms with E-state index in [0.29, 0.717) is 36.6 Å². The normalized spacial score (nSPS) is 24.3. The van der Waals surface area contributed by atoms with Crippen molar-refractivity contribution in [3.8, 4) is 5.75 Å². The molecule has 1 heterocycles. The summed E-state index contributed by atoms with van der Waals surface area (Å²) in [6.45, 7) is -8.84. The Bertz CT molecular complexity index is 1250. The second-order valence-electron chi connectivity index (χ2n) is 6.08. The molecule has 0 saturated carbocycles. The molecule has 0 unspecified atom stereocenters. The van der Waals surface area contributed by atoms with E-state index in [9.17, 15) is 18.8 Å². The van der Waals surface area contributed by atoms with E-state index in [1.807, 2.05) is 0 Å². The molecule has 1 aromatic rings. The first-order chi connectivity index (χ1) is 18.1. The van der Waals surface area contributed by atoms with Gasteiger partial charge in [0.2, 0.25) is 0 Å². The minimum absolute atomic E-state index is 0.274. The fourth-order valence-corrected chi connectivity index (χ4v) is 3.27. The van der Waals surface area contributed by atoms with Crippen LogP contribution < -0.4 is 9.64 Å². The van der Waals surface area contributed by atoms with Crippen LogP contribution in [0.5, 0.6) is 5.75 Å². The number of anilines is 1. The van der Waals surface area contributed by atoms with Gasteiger partial charge in [-0.2, -0.15) is 0 Å². The van der Waals surface area contributed by atoms with Crippen LogP contribution in [-0.4, -0.2) is 30.9 Å². The number of hydrogen-bond acceptors (Lipinski definition) is 5. The molecule has 6 nitrogen and oxygen atoms in total. The molecule has 29 heavy (non-hydrogen) atoms. The van der Waals surface area contributed by atoms with E-state index >= 15 is 0 Å². The maximum absolute atomic E-state index is 14.8. The maximum Gasteiger partial charge on any atom is 0.344 e. The molecule has 1 aliphatic heterocycles. The fraction of sp³-hybridized carbons (Fsp3) is 0.476. The number of esters is 1. The Morgan fingerprint density at radius 3 is 2.59 bits per heavy atom. The third-order valence-corrected chi connectivity index (χ3v) is 4.61. The SMILES string of the molecule is [2H]C([2H])([2H])C([2H])([2H])C([2H])([2H])C([2H])([2H])C([2H])([2H])OC(=O)COc1cc(N2C(=O)C3=C(CCCC3)C2=O)c(F)cc1Cl. The van der Waals surface area contributed by atoms with Gasteiger partial charge in [0.25, 0.3) is 11.8 Å². The van der Waals surface area contributed by atoms with Crippen LogP contribution in [0.15, 0.2) is 23.3 Å². The van der Waals surface area contributed by atoms with Crippen molar-refractivity contribution in [3.63, 3.8) is 0 Å². The van der Waals surface area contributed by atoms with Gasteiger partial charge in [-0.3, -0.25) is 9.59 Å². The van der Waals surface area contributed by atoms with Crippen LogP contribution in [0.25, 0.3) is 0 Å². The van der Waals surface area contributed by atoms with Crippen LogP contribution >= 0.6 is 11.6 Å². The van der Waals surface area contributed by atoms with Crippen LogP contribution in [0.3, 0.4) is 0 Å². The molecule has 8 heteroatoms. The maximum atomic E-state index is 14.8. The predicted octanol–water partition coefficient (Wildman–Crippen LogP) is 4.34. The number of imide groups is 1. The van der Waals surface area contributed by atoms with Crippen molar-refractivity contribution in [1.82, 2.24) is 0 Å². The van der Waals surface area contributed by atoms with Gasteiger partial charge in [-0.15, -0.1) is 0 Å². The molecule has 0 atom stereocenters. The number of rotatable bonds is 8. The lowest BCUT2D eigenvalue weighted by atomic mass is 9.93. The third-order valence-electron chi connectivity index (χ3n) is 4.32. The van der Waals surface area contributed by atoms with Crippen molar-refractivity contribution >= 4 is 35.1 Å². The first-order valence-electron chi connectivity index (χ1n) is 14.0. The molecule has 1 aliphatic carbocycles. The van der Waals surface area contributed by atoms with Crippen molar-refractivity contribution in [3.05, 3.63) is 34.1 Å². The molecule has 0 spiro atoms. The van der Waals surface area contributed by atoms with Crippen molar-refractivity contribution < 1.29 is 43.3 Å². The zero-order chi connectivity index (χ0) is 30.6. The summed E-state index contributed by atoms with van der Waals surface area (Å²) in [5.41, 5.74) is 0.0238. The smallest absolute Gasteiger partial charge is 0.344 e. The number of carbonyl (C=O) groups is 3. The Morgan fingerprint density at radius 2 is 1.93 bits per heavy atom. The molecule has 0 fully saturated rings. The number of ether oxygens (including phenoxy) is 2. The fourth-order valence-electron chi connectivity index (χ4n) is 3.06. The summed E-state index contributed by atoms with van der Waals surface area (Å²) in [7, 11) is 0. The highest BCUT2D eigenvalue weighted by molar-refractivity contribution is 6.34. The minimum Gasteiger partial charge on any atom is -0.480 e. The summed E-state index contributed by atoms with van der Waals surface area (Å²) in [6.07, 6.45) is -9.91. The van der Waals surface area contributed by atoms with Gasteiger partial charge in [-0.25, -0.2) is 14.1 Å². The number of nitrogens with zero attached hydrogens (tertiary/aromatic N) is 1. The zero-order valence-electron chi connectivity index (χ0n) is 25.9.